The van der Waals surface area contributed by atoms with Gasteiger partial charge in [-0.05, 0) is 39.3 Å². The number of pyridine rings is 1. The molecule has 1 aromatic rings. The first-order valence-electron chi connectivity index (χ1n) is 5.97. The maximum Gasteiger partial charge on any atom is 0.512 e. The SMILES string of the molecule is C=Cc1cc(B2OC(C)(C)C(C)(C)O2)[nH]c(=O)c1. The smallest absolute Gasteiger partial charge is 0.398 e. The van der Waals surface area contributed by atoms with Crippen molar-refractivity contribution in [2.45, 2.75) is 38.9 Å². The van der Waals surface area contributed by atoms with Gasteiger partial charge in [0.1, 0.15) is 0 Å². The molecule has 18 heavy (non-hydrogen) atoms. The van der Waals surface area contributed by atoms with E-state index >= 15 is 0 Å². The highest BCUT2D eigenvalue weighted by Crippen LogP contribution is 2.36. The van der Waals surface area contributed by atoms with Crippen LogP contribution < -0.4 is 11.2 Å². The second-order valence-corrected chi connectivity index (χ2v) is 5.53. The number of hydrogen-bond donors (Lipinski definition) is 1. The number of H-pyrrole nitrogens is 1. The fraction of sp³-hybridized carbons (Fsp3) is 0.462. The summed E-state index contributed by atoms with van der Waals surface area (Å²) < 4.78 is 11.8. The topological polar surface area (TPSA) is 51.3 Å². The van der Waals surface area contributed by atoms with Crippen molar-refractivity contribution in [1.29, 1.82) is 0 Å². The Labute approximate surface area is 107 Å². The monoisotopic (exact) mass is 247 g/mol. The lowest BCUT2D eigenvalue weighted by atomic mass is 9.83. The van der Waals surface area contributed by atoms with E-state index < -0.39 is 18.3 Å². The lowest BCUT2D eigenvalue weighted by Crippen LogP contribution is -2.41. The molecule has 0 spiro atoms. The van der Waals surface area contributed by atoms with Crippen molar-refractivity contribution >= 4 is 18.8 Å². The quantitative estimate of drug-likeness (QED) is 0.802. The zero-order valence-corrected chi connectivity index (χ0v) is 11.2. The van der Waals surface area contributed by atoms with Crippen LogP contribution in [0.5, 0.6) is 0 Å². The summed E-state index contributed by atoms with van der Waals surface area (Å²) in [4.78, 5) is 14.3. The molecule has 0 aromatic carbocycles. The number of hydrogen-bond acceptors (Lipinski definition) is 3. The molecule has 0 saturated carbocycles. The van der Waals surface area contributed by atoms with Gasteiger partial charge in [-0.15, -0.1) is 0 Å². The third kappa shape index (κ3) is 2.16. The van der Waals surface area contributed by atoms with Crippen molar-refractivity contribution in [3.05, 3.63) is 34.6 Å². The summed E-state index contributed by atoms with van der Waals surface area (Å²) in [5.74, 6) is 0. The molecular weight excluding hydrogens is 229 g/mol. The van der Waals surface area contributed by atoms with Gasteiger partial charge in [0.2, 0.25) is 5.56 Å². The summed E-state index contributed by atoms with van der Waals surface area (Å²) in [6.07, 6.45) is 1.63. The summed E-state index contributed by atoms with van der Waals surface area (Å²) in [5, 5.41) is 0. The third-order valence-electron chi connectivity index (χ3n) is 3.63. The molecule has 5 heteroatoms. The van der Waals surface area contributed by atoms with E-state index in [0.29, 0.717) is 5.59 Å². The molecule has 0 amide bonds. The van der Waals surface area contributed by atoms with Crippen LogP contribution in [0.25, 0.3) is 6.08 Å². The van der Waals surface area contributed by atoms with Gasteiger partial charge < -0.3 is 14.3 Å². The van der Waals surface area contributed by atoms with Crippen molar-refractivity contribution in [3.63, 3.8) is 0 Å². The van der Waals surface area contributed by atoms with Gasteiger partial charge in [0.15, 0.2) is 0 Å². The zero-order chi connectivity index (χ0) is 13.6. The second kappa shape index (κ2) is 4.11. The molecule has 1 aliphatic heterocycles. The Bertz CT molecular complexity index is 517. The van der Waals surface area contributed by atoms with E-state index in [0.717, 1.165) is 5.56 Å². The standard InChI is InChI=1S/C13H18BNO3/c1-6-9-7-10(15-11(16)8-9)14-17-12(2,3)13(4,5)18-14/h6-8H,1H2,2-5H3,(H,15,16). The van der Waals surface area contributed by atoms with Crippen LogP contribution in [0.1, 0.15) is 33.3 Å². The van der Waals surface area contributed by atoms with Gasteiger partial charge in [0.25, 0.3) is 0 Å². The predicted molar refractivity (Wildman–Crippen MR) is 72.9 cm³/mol. The predicted octanol–water partition coefficient (Wildman–Crippen LogP) is 1.32. The molecule has 0 aliphatic carbocycles. The molecule has 0 bridgehead atoms. The van der Waals surface area contributed by atoms with Crippen molar-refractivity contribution in [1.82, 2.24) is 4.98 Å². The van der Waals surface area contributed by atoms with Crippen LogP contribution in [-0.4, -0.2) is 23.3 Å². The van der Waals surface area contributed by atoms with Crippen LogP contribution in [-0.2, 0) is 9.31 Å². The van der Waals surface area contributed by atoms with Crippen molar-refractivity contribution in [2.75, 3.05) is 0 Å². The highest BCUT2D eigenvalue weighted by atomic mass is 16.7. The highest BCUT2D eigenvalue weighted by molar-refractivity contribution is 6.61. The van der Waals surface area contributed by atoms with Crippen LogP contribution in [0, 0.1) is 0 Å². The Kier molecular flexibility index (Phi) is 2.99. The van der Waals surface area contributed by atoms with Gasteiger partial charge in [0, 0.05) is 11.7 Å². The molecular formula is C13H18BNO3. The van der Waals surface area contributed by atoms with Crippen LogP contribution in [0.4, 0.5) is 0 Å². The summed E-state index contributed by atoms with van der Waals surface area (Å²) in [5.41, 5.74) is 0.355. The van der Waals surface area contributed by atoms with E-state index in [1.807, 2.05) is 33.8 Å². The average Bonchev–Trinajstić information content (AvgIpc) is 2.47. The summed E-state index contributed by atoms with van der Waals surface area (Å²) in [6.45, 7) is 11.6. The minimum Gasteiger partial charge on any atom is -0.398 e. The first-order valence-corrected chi connectivity index (χ1v) is 5.97. The number of aromatic nitrogens is 1. The fourth-order valence-electron chi connectivity index (χ4n) is 1.80. The number of rotatable bonds is 2. The molecule has 4 nitrogen and oxygen atoms in total. The molecule has 1 N–H and O–H groups in total. The van der Waals surface area contributed by atoms with E-state index in [9.17, 15) is 4.79 Å². The third-order valence-corrected chi connectivity index (χ3v) is 3.63. The number of aromatic amines is 1. The van der Waals surface area contributed by atoms with Crippen molar-refractivity contribution in [2.24, 2.45) is 0 Å². The molecule has 96 valence electrons. The van der Waals surface area contributed by atoms with Gasteiger partial charge in [0.05, 0.1) is 11.2 Å². The normalized spacial score (nSPS) is 21.0. The lowest BCUT2D eigenvalue weighted by Gasteiger charge is -2.32. The van der Waals surface area contributed by atoms with Crippen LogP contribution >= 0.6 is 0 Å². The van der Waals surface area contributed by atoms with Crippen LogP contribution in [0.15, 0.2) is 23.5 Å². The summed E-state index contributed by atoms with van der Waals surface area (Å²) in [7, 11) is -0.553. The number of nitrogens with one attached hydrogen (secondary N) is 1. The first-order chi connectivity index (χ1) is 8.25. The molecule has 1 saturated heterocycles. The Morgan fingerprint density at radius 3 is 2.28 bits per heavy atom. The molecule has 0 radical (unpaired) electrons. The van der Waals surface area contributed by atoms with Crippen molar-refractivity contribution < 1.29 is 9.31 Å². The van der Waals surface area contributed by atoms with E-state index in [-0.39, 0.29) is 5.56 Å². The van der Waals surface area contributed by atoms with E-state index in [1.54, 1.807) is 6.08 Å². The molecule has 0 unspecified atom stereocenters. The van der Waals surface area contributed by atoms with Crippen LogP contribution in [0.3, 0.4) is 0 Å². The van der Waals surface area contributed by atoms with Crippen LogP contribution in [0.2, 0.25) is 0 Å². The second-order valence-electron chi connectivity index (χ2n) is 5.53. The Hall–Kier alpha value is -1.33. The molecule has 1 aliphatic rings. The van der Waals surface area contributed by atoms with E-state index in [2.05, 4.69) is 11.6 Å². The van der Waals surface area contributed by atoms with Gasteiger partial charge in [-0.1, -0.05) is 12.7 Å². The van der Waals surface area contributed by atoms with Gasteiger partial charge in [-0.2, -0.15) is 0 Å². The zero-order valence-electron chi connectivity index (χ0n) is 11.2. The fourth-order valence-corrected chi connectivity index (χ4v) is 1.80. The molecule has 2 heterocycles. The molecule has 0 atom stereocenters. The first kappa shape index (κ1) is 13.1. The highest BCUT2D eigenvalue weighted by Gasteiger charge is 2.52. The minimum absolute atomic E-state index is 0.183. The Morgan fingerprint density at radius 1 is 1.22 bits per heavy atom. The van der Waals surface area contributed by atoms with Crippen molar-refractivity contribution in [3.8, 4) is 0 Å². The lowest BCUT2D eigenvalue weighted by molar-refractivity contribution is 0.00578. The largest absolute Gasteiger partial charge is 0.512 e. The maximum absolute atomic E-state index is 11.5. The van der Waals surface area contributed by atoms with Gasteiger partial charge in [-0.3, -0.25) is 4.79 Å². The summed E-state index contributed by atoms with van der Waals surface area (Å²) in [6, 6.07) is 3.30. The Morgan fingerprint density at radius 2 is 1.78 bits per heavy atom. The maximum atomic E-state index is 11.5. The van der Waals surface area contributed by atoms with Gasteiger partial charge in [-0.25, -0.2) is 0 Å². The van der Waals surface area contributed by atoms with Gasteiger partial charge >= 0.3 is 7.12 Å². The van der Waals surface area contributed by atoms with E-state index in [4.69, 9.17) is 9.31 Å². The Balaban J connectivity index is 2.38. The van der Waals surface area contributed by atoms with E-state index in [1.165, 1.54) is 6.07 Å². The molecule has 1 fully saturated rings. The minimum atomic E-state index is -0.553. The average molecular weight is 247 g/mol. The summed E-state index contributed by atoms with van der Waals surface area (Å²) >= 11 is 0. The molecule has 2 rings (SSSR count). The molecule has 1 aromatic heterocycles.